The first-order valence-corrected chi connectivity index (χ1v) is 18.5. The Morgan fingerprint density at radius 3 is 2.61 bits per heavy atom. The summed E-state index contributed by atoms with van der Waals surface area (Å²) in [5.74, 6) is 0. The van der Waals surface area contributed by atoms with Crippen molar-refractivity contribution in [2.45, 2.75) is 37.2 Å². The van der Waals surface area contributed by atoms with E-state index in [-0.39, 0.29) is 3.55 Å². The molecule has 0 saturated heterocycles. The van der Waals surface area contributed by atoms with E-state index >= 15 is 0 Å². The summed E-state index contributed by atoms with van der Waals surface area (Å²) in [6, 6.07) is 26.7. The van der Waals surface area contributed by atoms with Gasteiger partial charge in [0.2, 0.25) is 0 Å². The van der Waals surface area contributed by atoms with Crippen molar-refractivity contribution in [1.82, 2.24) is 4.90 Å². The number of aromatic nitrogens is 1. The standard InChI is InChI=1S/C35H30IN4O/c1-4-35(5-2)36(40-30(22-23(3)37-40)28-15-10-11-21-38(28)35)26-18-20-32-33(25-13-7-9-16-31(25)41-32)34(26)29-19-17-24-12-6-8-14-27(24)39(29)36/h6-22H,4-5H2,1-3H3/q+1. The quantitative estimate of drug-likeness (QED) is 0.114. The Labute approximate surface area is 243 Å². The van der Waals surface area contributed by atoms with Gasteiger partial charge >= 0.3 is 244 Å². The zero-order chi connectivity index (χ0) is 27.5. The van der Waals surface area contributed by atoms with E-state index in [0.29, 0.717) is 0 Å². The number of fused-ring (bicyclic) bond motifs is 14. The van der Waals surface area contributed by atoms with E-state index < -0.39 is 19.0 Å². The monoisotopic (exact) mass is 649 g/mol. The third-order valence-electron chi connectivity index (χ3n) is 9.21. The third kappa shape index (κ3) is 2.61. The number of alkyl halides is 1. The van der Waals surface area contributed by atoms with Gasteiger partial charge in [-0.05, 0) is 0 Å². The molecule has 4 aliphatic rings. The minimum absolute atomic E-state index is 0.170. The molecule has 9 rings (SSSR count). The SMILES string of the molecule is CCC1(CC)N2C=CC=CC2=C2C=C(C)N=[N+]2[I-]12c1ccc3oc4ccccc4c3c1-c1ccc3ccccc3[n+]12. The third-order valence-corrected chi connectivity index (χ3v) is 21.1. The van der Waals surface area contributed by atoms with Crippen LogP contribution in [0.1, 0.15) is 33.6 Å². The van der Waals surface area contributed by atoms with Crippen molar-refractivity contribution in [2.24, 2.45) is 5.11 Å². The van der Waals surface area contributed by atoms with E-state index in [0.717, 1.165) is 29.7 Å². The van der Waals surface area contributed by atoms with E-state index in [1.54, 1.807) is 0 Å². The summed E-state index contributed by atoms with van der Waals surface area (Å²) in [6.45, 7) is 6.91. The van der Waals surface area contributed by atoms with Crippen LogP contribution < -0.4 is 21.8 Å². The summed E-state index contributed by atoms with van der Waals surface area (Å²) in [4.78, 5) is 2.63. The number of furan rings is 1. The number of hydrogen-bond donors (Lipinski definition) is 0. The van der Waals surface area contributed by atoms with E-state index in [4.69, 9.17) is 9.53 Å². The van der Waals surface area contributed by atoms with Crippen LogP contribution in [0, 0.1) is 3.57 Å². The molecule has 0 fully saturated rings. The van der Waals surface area contributed by atoms with Gasteiger partial charge in [0, 0.05) is 0 Å². The van der Waals surface area contributed by atoms with Crippen LogP contribution in [0.3, 0.4) is 0 Å². The maximum absolute atomic E-state index is 6.47. The number of azo groups is 1. The number of para-hydroxylation sites is 2. The number of halogens is 1. The molecule has 0 aliphatic carbocycles. The van der Waals surface area contributed by atoms with Crippen molar-refractivity contribution in [3.8, 4) is 11.3 Å². The normalized spacial score (nSPS) is 23.0. The van der Waals surface area contributed by atoms with Gasteiger partial charge < -0.3 is 0 Å². The molecule has 5 nitrogen and oxygen atoms in total. The summed E-state index contributed by atoms with van der Waals surface area (Å²) in [6.07, 6.45) is 13.3. The van der Waals surface area contributed by atoms with E-state index in [1.165, 1.54) is 47.9 Å². The predicted octanol–water partition coefficient (Wildman–Crippen LogP) is 5.22. The molecule has 5 aromatic rings. The Bertz CT molecular complexity index is 2160. The molecule has 6 heteroatoms. The van der Waals surface area contributed by atoms with Crippen LogP contribution in [0.15, 0.2) is 130 Å². The molecular formula is C35H30IN4O+. The average Bonchev–Trinajstić information content (AvgIpc) is 3.68. The molecule has 3 aromatic carbocycles. The Hall–Kier alpha value is -4.04. The summed E-state index contributed by atoms with van der Waals surface area (Å²) in [5, 5.41) is 9.11. The fourth-order valence-corrected chi connectivity index (χ4v) is 21.2. The second kappa shape index (κ2) is 8.03. The van der Waals surface area contributed by atoms with E-state index in [9.17, 15) is 0 Å². The van der Waals surface area contributed by atoms with Crippen LogP contribution in [0.4, 0.5) is 0 Å². The minimum atomic E-state index is -3.68. The number of benzene rings is 3. The fourth-order valence-electron chi connectivity index (χ4n) is 7.54. The number of allylic oxidation sites excluding steroid dienone is 5. The van der Waals surface area contributed by atoms with Crippen LogP contribution in [-0.4, -0.2) is 11.4 Å². The first kappa shape index (κ1) is 23.6. The molecule has 1 unspecified atom stereocenters. The van der Waals surface area contributed by atoms with Gasteiger partial charge in [-0.1, -0.05) is 0 Å². The van der Waals surface area contributed by atoms with Gasteiger partial charge in [-0.2, -0.15) is 0 Å². The Morgan fingerprint density at radius 2 is 1.73 bits per heavy atom. The Kier molecular flexibility index (Phi) is 4.63. The topological polar surface area (TPSA) is 35.6 Å². The van der Waals surface area contributed by atoms with Gasteiger partial charge in [-0.15, -0.1) is 0 Å². The fraction of sp³-hybridized carbons (Fsp3) is 0.171. The molecule has 6 heterocycles. The summed E-state index contributed by atoms with van der Waals surface area (Å²) in [7, 11) is 0. The molecule has 1 atom stereocenters. The maximum atomic E-state index is 6.47. The Morgan fingerprint density at radius 1 is 0.902 bits per heavy atom. The molecule has 0 saturated carbocycles. The first-order chi connectivity index (χ1) is 20.1. The predicted molar refractivity (Wildman–Crippen MR) is 158 cm³/mol. The van der Waals surface area contributed by atoms with Crippen molar-refractivity contribution in [3.63, 3.8) is 0 Å². The molecule has 202 valence electrons. The number of nitrogens with zero attached hydrogens (tertiary/aromatic N) is 4. The van der Waals surface area contributed by atoms with Crippen molar-refractivity contribution in [3.05, 3.63) is 124 Å². The zero-order valence-electron chi connectivity index (χ0n) is 23.3. The molecular weight excluding hydrogens is 619 g/mol. The molecule has 0 bridgehead atoms. The van der Waals surface area contributed by atoms with Gasteiger partial charge in [0.05, 0.1) is 0 Å². The first-order valence-electron chi connectivity index (χ1n) is 14.4. The molecule has 2 aromatic heterocycles. The van der Waals surface area contributed by atoms with Crippen molar-refractivity contribution in [1.29, 1.82) is 0 Å². The van der Waals surface area contributed by atoms with Crippen LogP contribution in [0.5, 0.6) is 0 Å². The molecule has 0 radical (unpaired) electrons. The Balaban J connectivity index is 1.57. The van der Waals surface area contributed by atoms with Crippen molar-refractivity contribution >= 4 is 32.8 Å². The van der Waals surface area contributed by atoms with Gasteiger partial charge in [-0.3, -0.25) is 0 Å². The average molecular weight is 650 g/mol. The molecule has 41 heavy (non-hydrogen) atoms. The molecule has 0 N–H and O–H groups in total. The van der Waals surface area contributed by atoms with Crippen molar-refractivity contribution in [2.75, 3.05) is 0 Å². The van der Waals surface area contributed by atoms with Crippen LogP contribution in [0.25, 0.3) is 44.1 Å². The van der Waals surface area contributed by atoms with Crippen LogP contribution in [0.2, 0.25) is 0 Å². The zero-order valence-corrected chi connectivity index (χ0v) is 25.5. The van der Waals surface area contributed by atoms with Crippen LogP contribution in [-0.2, 0) is 0 Å². The number of rotatable bonds is 2. The van der Waals surface area contributed by atoms with Gasteiger partial charge in [0.25, 0.3) is 0 Å². The molecule has 4 aliphatic heterocycles. The van der Waals surface area contributed by atoms with Gasteiger partial charge in [-0.25, -0.2) is 0 Å². The summed E-state index contributed by atoms with van der Waals surface area (Å²) in [5.41, 5.74) is 9.29. The summed E-state index contributed by atoms with van der Waals surface area (Å²) < 4.78 is 13.1. The van der Waals surface area contributed by atoms with Crippen molar-refractivity contribution < 1.29 is 29.1 Å². The summed E-state index contributed by atoms with van der Waals surface area (Å²) >= 11 is -3.68. The number of pyridine rings is 1. The number of hydrogen-bond acceptors (Lipinski definition) is 3. The van der Waals surface area contributed by atoms with E-state index in [1.807, 2.05) is 0 Å². The van der Waals surface area contributed by atoms with Gasteiger partial charge in [0.1, 0.15) is 0 Å². The molecule has 1 spiro atoms. The second-order valence-corrected chi connectivity index (χ2v) is 19.0. The van der Waals surface area contributed by atoms with Gasteiger partial charge in [0.15, 0.2) is 0 Å². The van der Waals surface area contributed by atoms with E-state index in [2.05, 4.69) is 135 Å². The van der Waals surface area contributed by atoms with Crippen LogP contribution >= 0.6 is 0 Å². The second-order valence-electron chi connectivity index (χ2n) is 11.1. The molecule has 0 amide bonds.